The molecule has 0 unspecified atom stereocenters. The minimum atomic E-state index is 1.09. The fraction of sp³-hybridized carbons (Fsp3) is 0.765. The van der Waals surface area contributed by atoms with Gasteiger partial charge in [-0.25, -0.2) is 0 Å². The van der Waals surface area contributed by atoms with Crippen LogP contribution in [-0.4, -0.2) is 0 Å². The van der Waals surface area contributed by atoms with Gasteiger partial charge in [-0.15, -0.1) is 18.4 Å². The van der Waals surface area contributed by atoms with E-state index in [2.05, 4.69) is 25.3 Å². The third kappa shape index (κ3) is 15.3. The molecule has 0 saturated heterocycles. The minimum Gasteiger partial charge on any atom is -0.103 e. The molecule has 17 heavy (non-hydrogen) atoms. The van der Waals surface area contributed by atoms with Crippen molar-refractivity contribution in [2.75, 3.05) is 0 Å². The van der Waals surface area contributed by atoms with Gasteiger partial charge < -0.3 is 0 Å². The summed E-state index contributed by atoms with van der Waals surface area (Å²) in [6.07, 6.45) is 17.4. The fourth-order valence-corrected chi connectivity index (χ4v) is 1.85. The molecular formula is C17H30. The van der Waals surface area contributed by atoms with Crippen molar-refractivity contribution in [1.29, 1.82) is 0 Å². The maximum atomic E-state index is 3.73. The van der Waals surface area contributed by atoms with Gasteiger partial charge in [0.15, 0.2) is 0 Å². The summed E-state index contributed by atoms with van der Waals surface area (Å²) in [6.45, 7) is 5.99. The summed E-state index contributed by atoms with van der Waals surface area (Å²) in [7, 11) is 0. The average molecular weight is 234 g/mol. The van der Waals surface area contributed by atoms with E-state index in [0.717, 1.165) is 19.3 Å². The van der Waals surface area contributed by atoms with Crippen molar-refractivity contribution in [1.82, 2.24) is 0 Å². The first-order valence-corrected chi connectivity index (χ1v) is 7.48. The molecule has 0 aromatic carbocycles. The smallest absolute Gasteiger partial charge is 0.00886 e. The first kappa shape index (κ1) is 16.3. The highest BCUT2D eigenvalue weighted by Crippen LogP contribution is 2.06. The van der Waals surface area contributed by atoms with Crippen molar-refractivity contribution >= 4 is 0 Å². The predicted octanol–water partition coefficient (Wildman–Crippen LogP) is 5.88. The van der Waals surface area contributed by atoms with Gasteiger partial charge >= 0.3 is 0 Å². The van der Waals surface area contributed by atoms with Gasteiger partial charge in [-0.1, -0.05) is 51.5 Å². The summed E-state index contributed by atoms with van der Waals surface area (Å²) in [5.74, 6) is 6.59. The van der Waals surface area contributed by atoms with Gasteiger partial charge in [0.05, 0.1) is 0 Å². The number of hydrogen-bond donors (Lipinski definition) is 0. The lowest BCUT2D eigenvalue weighted by atomic mass is 10.1. The van der Waals surface area contributed by atoms with Crippen LogP contribution in [0.2, 0.25) is 0 Å². The molecule has 0 aliphatic heterocycles. The molecular weight excluding hydrogens is 204 g/mol. The summed E-state index contributed by atoms with van der Waals surface area (Å²) in [5.41, 5.74) is 0. The van der Waals surface area contributed by atoms with E-state index >= 15 is 0 Å². The molecule has 0 amide bonds. The number of unbranched alkanes of at least 4 members (excludes halogenated alkanes) is 10. The number of allylic oxidation sites excluding steroid dienone is 1. The summed E-state index contributed by atoms with van der Waals surface area (Å²) >= 11 is 0. The molecule has 98 valence electrons. The van der Waals surface area contributed by atoms with Crippen LogP contribution in [0.3, 0.4) is 0 Å². The van der Waals surface area contributed by atoms with Crippen LogP contribution in [0.15, 0.2) is 12.7 Å². The molecule has 0 radical (unpaired) electrons. The molecule has 0 heteroatoms. The zero-order valence-electron chi connectivity index (χ0n) is 11.8. The summed E-state index contributed by atoms with van der Waals surface area (Å²) in [4.78, 5) is 0. The van der Waals surface area contributed by atoms with Gasteiger partial charge in [-0.05, 0) is 25.7 Å². The van der Waals surface area contributed by atoms with Crippen LogP contribution in [0.1, 0.15) is 84.0 Å². The highest BCUT2D eigenvalue weighted by atomic mass is 13.9. The molecule has 0 N–H and O–H groups in total. The first-order valence-electron chi connectivity index (χ1n) is 7.48. The van der Waals surface area contributed by atoms with E-state index in [-0.39, 0.29) is 0 Å². The van der Waals surface area contributed by atoms with E-state index in [1.165, 1.54) is 57.8 Å². The Bertz CT molecular complexity index is 204. The maximum Gasteiger partial charge on any atom is 0.00886 e. The van der Waals surface area contributed by atoms with Crippen molar-refractivity contribution < 1.29 is 0 Å². The minimum absolute atomic E-state index is 1.09. The van der Waals surface area contributed by atoms with Crippen LogP contribution in [0, 0.1) is 11.8 Å². The van der Waals surface area contributed by atoms with Crippen molar-refractivity contribution in [3.63, 3.8) is 0 Å². The summed E-state index contributed by atoms with van der Waals surface area (Å²) in [6, 6.07) is 0. The standard InChI is InChI=1S/C17H30/c1-3-5-7-9-11-13-15-17-16-14-12-10-8-6-4-2/h3H,1,4-14,16H2,2H3. The van der Waals surface area contributed by atoms with Crippen molar-refractivity contribution in [2.45, 2.75) is 84.0 Å². The Labute approximate surface area is 109 Å². The molecule has 0 aromatic heterocycles. The third-order valence-corrected chi connectivity index (χ3v) is 2.99. The van der Waals surface area contributed by atoms with Crippen molar-refractivity contribution in [3.05, 3.63) is 12.7 Å². The lowest BCUT2D eigenvalue weighted by Gasteiger charge is -1.96. The fourth-order valence-electron chi connectivity index (χ4n) is 1.85. The molecule has 0 spiro atoms. The molecule has 0 aromatic rings. The third-order valence-electron chi connectivity index (χ3n) is 2.99. The SMILES string of the molecule is C=CCCCCCC#CCCCCCCCC. The van der Waals surface area contributed by atoms with Crippen molar-refractivity contribution in [3.8, 4) is 11.8 Å². The second-order valence-electron chi connectivity index (χ2n) is 4.76. The Morgan fingerprint density at radius 1 is 0.765 bits per heavy atom. The van der Waals surface area contributed by atoms with E-state index in [1.54, 1.807) is 0 Å². The molecule has 0 saturated carbocycles. The van der Waals surface area contributed by atoms with Crippen LogP contribution in [0.5, 0.6) is 0 Å². The van der Waals surface area contributed by atoms with Crippen molar-refractivity contribution in [2.24, 2.45) is 0 Å². The molecule has 0 fully saturated rings. The predicted molar refractivity (Wildman–Crippen MR) is 79.1 cm³/mol. The van der Waals surface area contributed by atoms with Gasteiger partial charge in [0.25, 0.3) is 0 Å². The zero-order valence-corrected chi connectivity index (χ0v) is 11.8. The average Bonchev–Trinajstić information content (AvgIpc) is 2.35. The lowest BCUT2D eigenvalue weighted by Crippen LogP contribution is -1.78. The van der Waals surface area contributed by atoms with Crippen LogP contribution in [-0.2, 0) is 0 Å². The van der Waals surface area contributed by atoms with Gasteiger partial charge in [-0.2, -0.15) is 0 Å². The highest BCUT2D eigenvalue weighted by Gasteiger charge is 1.88. The Hall–Kier alpha value is -0.700. The Morgan fingerprint density at radius 3 is 1.88 bits per heavy atom. The zero-order chi connectivity index (χ0) is 12.6. The van der Waals surface area contributed by atoms with Gasteiger partial charge in [0, 0.05) is 12.8 Å². The first-order chi connectivity index (χ1) is 8.41. The maximum absolute atomic E-state index is 3.73. The molecule has 0 atom stereocenters. The highest BCUT2D eigenvalue weighted by molar-refractivity contribution is 4.98. The van der Waals surface area contributed by atoms with E-state index in [1.807, 2.05) is 6.08 Å². The quantitative estimate of drug-likeness (QED) is 0.238. The molecule has 0 heterocycles. The van der Waals surface area contributed by atoms with Gasteiger partial charge in [-0.3, -0.25) is 0 Å². The second-order valence-corrected chi connectivity index (χ2v) is 4.76. The Morgan fingerprint density at radius 2 is 1.29 bits per heavy atom. The Kier molecular flexibility index (Phi) is 14.7. The molecule has 0 nitrogen and oxygen atoms in total. The summed E-state index contributed by atoms with van der Waals surface area (Å²) in [5, 5.41) is 0. The molecule has 0 aliphatic carbocycles. The normalized spacial score (nSPS) is 9.71. The largest absolute Gasteiger partial charge is 0.103 e. The number of rotatable bonds is 11. The van der Waals surface area contributed by atoms with E-state index in [4.69, 9.17) is 0 Å². The van der Waals surface area contributed by atoms with Crippen LogP contribution in [0.4, 0.5) is 0 Å². The number of hydrogen-bond acceptors (Lipinski definition) is 0. The van der Waals surface area contributed by atoms with Gasteiger partial charge in [0.1, 0.15) is 0 Å². The molecule has 0 bridgehead atoms. The van der Waals surface area contributed by atoms with E-state index < -0.39 is 0 Å². The van der Waals surface area contributed by atoms with E-state index in [9.17, 15) is 0 Å². The Balaban J connectivity index is 3.07. The monoisotopic (exact) mass is 234 g/mol. The molecule has 0 rings (SSSR count). The lowest BCUT2D eigenvalue weighted by molar-refractivity contribution is 0.613. The van der Waals surface area contributed by atoms with Crippen LogP contribution >= 0.6 is 0 Å². The van der Waals surface area contributed by atoms with Crippen LogP contribution in [0.25, 0.3) is 0 Å². The summed E-state index contributed by atoms with van der Waals surface area (Å²) < 4.78 is 0. The van der Waals surface area contributed by atoms with E-state index in [0.29, 0.717) is 0 Å². The topological polar surface area (TPSA) is 0 Å². The van der Waals surface area contributed by atoms with Gasteiger partial charge in [0.2, 0.25) is 0 Å². The molecule has 0 aliphatic rings. The second kappa shape index (κ2) is 15.3. The van der Waals surface area contributed by atoms with Crippen LogP contribution < -0.4 is 0 Å².